The summed E-state index contributed by atoms with van der Waals surface area (Å²) in [5, 5.41) is 3.28. The maximum atomic E-state index is 13.1. The van der Waals surface area contributed by atoms with E-state index in [2.05, 4.69) is 40.1 Å². The van der Waals surface area contributed by atoms with E-state index in [9.17, 15) is 4.79 Å². The van der Waals surface area contributed by atoms with Crippen LogP contribution in [0.2, 0.25) is 4.34 Å². The molecule has 0 saturated carbocycles. The van der Waals surface area contributed by atoms with Crippen molar-refractivity contribution in [1.82, 2.24) is 14.5 Å². The Hall–Kier alpha value is -2.63. The molecule has 4 heterocycles. The summed E-state index contributed by atoms with van der Waals surface area (Å²) in [5.74, 6) is 0.176. The molecule has 0 N–H and O–H groups in total. The first-order valence-corrected chi connectivity index (χ1v) is 11.4. The number of thiophene rings is 1. The molecule has 1 amide bonds. The predicted molar refractivity (Wildman–Crippen MR) is 122 cm³/mol. The molecule has 0 radical (unpaired) electrons. The number of benzene rings is 1. The van der Waals surface area contributed by atoms with Crippen molar-refractivity contribution in [3.05, 3.63) is 86.3 Å². The normalized spacial score (nSPS) is 13.6. The van der Waals surface area contributed by atoms with Crippen LogP contribution in [-0.2, 0) is 30.7 Å². The molecule has 152 valence electrons. The van der Waals surface area contributed by atoms with E-state index >= 15 is 0 Å². The first kappa shape index (κ1) is 19.3. The number of rotatable bonds is 4. The van der Waals surface area contributed by atoms with Crippen LogP contribution in [0.4, 0.5) is 0 Å². The Kier molecular flexibility index (Phi) is 5.09. The molecule has 4 nitrogen and oxygen atoms in total. The lowest BCUT2D eigenvalue weighted by Crippen LogP contribution is -2.37. The van der Waals surface area contributed by atoms with Crippen molar-refractivity contribution in [3.63, 3.8) is 0 Å². The summed E-state index contributed by atoms with van der Waals surface area (Å²) >= 11 is 7.70. The highest BCUT2D eigenvalue weighted by Crippen LogP contribution is 2.31. The van der Waals surface area contributed by atoms with E-state index in [1.807, 2.05) is 35.4 Å². The van der Waals surface area contributed by atoms with Crippen LogP contribution in [0.5, 0.6) is 0 Å². The lowest BCUT2D eigenvalue weighted by molar-refractivity contribution is -0.131. The molecule has 0 fully saturated rings. The van der Waals surface area contributed by atoms with Gasteiger partial charge in [-0.15, -0.1) is 11.3 Å². The van der Waals surface area contributed by atoms with Gasteiger partial charge in [-0.3, -0.25) is 4.79 Å². The van der Waals surface area contributed by atoms with E-state index in [0.717, 1.165) is 28.5 Å². The van der Waals surface area contributed by atoms with E-state index < -0.39 is 0 Å². The molecular formula is C24H22ClN3OS. The zero-order valence-electron chi connectivity index (χ0n) is 16.8. The summed E-state index contributed by atoms with van der Waals surface area (Å²) in [6.07, 6.45) is 3.13. The molecule has 1 aliphatic rings. The fourth-order valence-corrected chi connectivity index (χ4v) is 5.26. The van der Waals surface area contributed by atoms with Crippen molar-refractivity contribution in [1.29, 1.82) is 0 Å². The summed E-state index contributed by atoms with van der Waals surface area (Å²) < 4.78 is 3.05. The van der Waals surface area contributed by atoms with E-state index in [1.165, 1.54) is 27.8 Å². The third kappa shape index (κ3) is 3.64. The van der Waals surface area contributed by atoms with Crippen LogP contribution >= 0.6 is 22.9 Å². The van der Waals surface area contributed by atoms with Gasteiger partial charge in [0.1, 0.15) is 5.65 Å². The standard InChI is InChI=1S/C24H22ClN3OS/c1-16-4-2-5-17(10-16)12-23(29)27-9-7-19-20-6-3-8-26-24(20)28(21(19)14-27)13-18-11-22(25)30-15-18/h2-6,8,10-11,15H,7,9,12-14H2,1H3. The minimum atomic E-state index is 0.176. The summed E-state index contributed by atoms with van der Waals surface area (Å²) in [5.41, 5.74) is 6.91. The van der Waals surface area contributed by atoms with Gasteiger partial charge in [0.15, 0.2) is 0 Å². The van der Waals surface area contributed by atoms with Gasteiger partial charge in [0, 0.05) is 23.8 Å². The van der Waals surface area contributed by atoms with E-state index in [0.29, 0.717) is 19.5 Å². The van der Waals surface area contributed by atoms with Crippen LogP contribution in [-0.4, -0.2) is 26.9 Å². The van der Waals surface area contributed by atoms with Gasteiger partial charge in [-0.1, -0.05) is 41.4 Å². The minimum Gasteiger partial charge on any atom is -0.336 e. The van der Waals surface area contributed by atoms with Gasteiger partial charge in [-0.2, -0.15) is 0 Å². The van der Waals surface area contributed by atoms with Crippen LogP contribution in [0.25, 0.3) is 11.0 Å². The third-order valence-corrected chi connectivity index (χ3v) is 6.91. The summed E-state index contributed by atoms with van der Waals surface area (Å²) in [7, 11) is 0. The van der Waals surface area contributed by atoms with Gasteiger partial charge >= 0.3 is 0 Å². The zero-order valence-corrected chi connectivity index (χ0v) is 18.3. The number of hydrogen-bond acceptors (Lipinski definition) is 3. The molecule has 3 aromatic heterocycles. The fraction of sp³-hybridized carbons (Fsp3) is 0.250. The van der Waals surface area contributed by atoms with Crippen LogP contribution in [0.1, 0.15) is 27.9 Å². The molecule has 0 unspecified atom stereocenters. The van der Waals surface area contributed by atoms with Crippen LogP contribution in [0.15, 0.2) is 54.0 Å². The number of nitrogens with zero attached hydrogens (tertiary/aromatic N) is 3. The van der Waals surface area contributed by atoms with E-state index in [-0.39, 0.29) is 5.91 Å². The van der Waals surface area contributed by atoms with Crippen molar-refractivity contribution in [2.45, 2.75) is 32.9 Å². The van der Waals surface area contributed by atoms with E-state index in [4.69, 9.17) is 11.6 Å². The second-order valence-corrected chi connectivity index (χ2v) is 9.42. The van der Waals surface area contributed by atoms with Gasteiger partial charge in [0.05, 0.1) is 23.8 Å². The molecule has 6 heteroatoms. The maximum absolute atomic E-state index is 13.1. The van der Waals surface area contributed by atoms with Crippen LogP contribution < -0.4 is 0 Å². The Morgan fingerprint density at radius 3 is 2.90 bits per heavy atom. The molecule has 0 spiro atoms. The number of carbonyl (C=O) groups excluding carboxylic acids is 1. The van der Waals surface area contributed by atoms with Crippen LogP contribution in [0, 0.1) is 6.92 Å². The maximum Gasteiger partial charge on any atom is 0.227 e. The predicted octanol–water partition coefficient (Wildman–Crippen LogP) is 5.24. The largest absolute Gasteiger partial charge is 0.336 e. The highest BCUT2D eigenvalue weighted by molar-refractivity contribution is 7.14. The third-order valence-electron chi connectivity index (χ3n) is 5.77. The molecule has 1 aromatic carbocycles. The molecule has 0 atom stereocenters. The molecule has 30 heavy (non-hydrogen) atoms. The highest BCUT2D eigenvalue weighted by atomic mass is 35.5. The SMILES string of the molecule is Cc1cccc(CC(=O)N2CCc3c(n(Cc4csc(Cl)c4)c4ncccc34)C2)c1. The topological polar surface area (TPSA) is 38.1 Å². The minimum absolute atomic E-state index is 0.176. The number of carbonyl (C=O) groups is 1. The van der Waals surface area contributed by atoms with Crippen molar-refractivity contribution < 1.29 is 4.79 Å². The Balaban J connectivity index is 1.46. The fourth-order valence-electron chi connectivity index (χ4n) is 4.36. The first-order chi connectivity index (χ1) is 14.6. The monoisotopic (exact) mass is 435 g/mol. The van der Waals surface area contributed by atoms with Crippen LogP contribution in [0.3, 0.4) is 0 Å². The number of aromatic nitrogens is 2. The highest BCUT2D eigenvalue weighted by Gasteiger charge is 2.27. The molecule has 0 bridgehead atoms. The van der Waals surface area contributed by atoms with Gasteiger partial charge in [0.25, 0.3) is 0 Å². The Morgan fingerprint density at radius 1 is 1.20 bits per heavy atom. The number of pyridine rings is 1. The lowest BCUT2D eigenvalue weighted by atomic mass is 10.0. The molecule has 5 rings (SSSR count). The van der Waals surface area contributed by atoms with Gasteiger partial charge in [-0.25, -0.2) is 4.98 Å². The first-order valence-electron chi connectivity index (χ1n) is 10.1. The van der Waals surface area contributed by atoms with E-state index in [1.54, 1.807) is 11.3 Å². The van der Waals surface area contributed by atoms with Crippen molar-refractivity contribution in [3.8, 4) is 0 Å². The second-order valence-electron chi connectivity index (χ2n) is 7.88. The molecule has 0 saturated heterocycles. The molecular weight excluding hydrogens is 414 g/mol. The Labute approximate surface area is 184 Å². The zero-order chi connectivity index (χ0) is 20.7. The molecule has 0 aliphatic carbocycles. The smallest absolute Gasteiger partial charge is 0.227 e. The summed E-state index contributed by atoms with van der Waals surface area (Å²) in [4.78, 5) is 19.7. The summed E-state index contributed by atoms with van der Waals surface area (Å²) in [6, 6.07) is 14.3. The molecule has 4 aromatic rings. The Morgan fingerprint density at radius 2 is 2.10 bits per heavy atom. The second kappa shape index (κ2) is 7.89. The number of fused-ring (bicyclic) bond motifs is 3. The average Bonchev–Trinajstić information content (AvgIpc) is 3.29. The average molecular weight is 436 g/mol. The Bertz CT molecular complexity index is 1240. The summed E-state index contributed by atoms with van der Waals surface area (Å²) in [6.45, 7) is 4.14. The van der Waals surface area contributed by atoms with Gasteiger partial charge in [-0.05, 0) is 53.6 Å². The van der Waals surface area contributed by atoms with Crippen molar-refractivity contribution in [2.24, 2.45) is 0 Å². The number of halogens is 1. The number of aryl methyl sites for hydroxylation is 1. The number of amides is 1. The molecule has 1 aliphatic heterocycles. The van der Waals surface area contributed by atoms with Gasteiger partial charge in [0.2, 0.25) is 5.91 Å². The number of hydrogen-bond donors (Lipinski definition) is 0. The lowest BCUT2D eigenvalue weighted by Gasteiger charge is -2.28. The van der Waals surface area contributed by atoms with Crippen molar-refractivity contribution >= 4 is 39.9 Å². The van der Waals surface area contributed by atoms with Crippen molar-refractivity contribution in [2.75, 3.05) is 6.54 Å². The quantitative estimate of drug-likeness (QED) is 0.440. The van der Waals surface area contributed by atoms with Gasteiger partial charge < -0.3 is 9.47 Å².